The summed E-state index contributed by atoms with van der Waals surface area (Å²) in [5, 5.41) is 0. The summed E-state index contributed by atoms with van der Waals surface area (Å²) < 4.78 is 9.13. The monoisotopic (exact) mass is 378 g/mol. The Morgan fingerprint density at radius 1 is 1.32 bits per heavy atom. The van der Waals surface area contributed by atoms with Gasteiger partial charge in [-0.3, -0.25) is 0 Å². The first-order chi connectivity index (χ1) is 10.8. The molecule has 1 aliphatic rings. The highest BCUT2D eigenvalue weighted by Crippen LogP contribution is 2.20. The maximum atomic E-state index is 5.82. The van der Waals surface area contributed by atoms with Gasteiger partial charge in [-0.2, -0.15) is 11.8 Å². The van der Waals surface area contributed by atoms with E-state index in [0.29, 0.717) is 6.61 Å². The van der Waals surface area contributed by atoms with E-state index in [1.54, 1.807) is 0 Å². The van der Waals surface area contributed by atoms with Gasteiger partial charge in [-0.25, -0.2) is 4.99 Å². The van der Waals surface area contributed by atoms with Gasteiger partial charge in [0, 0.05) is 23.0 Å². The first kappa shape index (κ1) is 15.7. The molecule has 116 valence electrons. The normalized spacial score (nSPS) is 17.4. The molecule has 1 aromatic heterocycles. The first-order valence-electron chi connectivity index (χ1n) is 7.45. The highest BCUT2D eigenvalue weighted by Gasteiger charge is 2.22. The third-order valence-electron chi connectivity index (χ3n) is 3.57. The minimum atomic E-state index is 0.284. The van der Waals surface area contributed by atoms with Crippen LogP contribution in [0.15, 0.2) is 52.1 Å². The fraction of sp³-hybridized carbons (Fsp3) is 0.353. The van der Waals surface area contributed by atoms with Crippen molar-refractivity contribution in [1.29, 1.82) is 0 Å². The van der Waals surface area contributed by atoms with Crippen molar-refractivity contribution in [3.05, 3.63) is 58.3 Å². The summed E-state index contributed by atoms with van der Waals surface area (Å²) in [6.07, 6.45) is 2.08. The zero-order chi connectivity index (χ0) is 15.4. The van der Waals surface area contributed by atoms with Crippen LogP contribution >= 0.6 is 27.7 Å². The van der Waals surface area contributed by atoms with E-state index < -0.39 is 0 Å². The standard InChI is InChI=1S/C17H19BrN2OS/c1-2-22-12-14-11-21-17(19-14)16-8-5-9-20(16)10-13-6-3-4-7-15(13)18/h3-9,14H,2,10-12H2,1H3/t14-/m1/s1. The average Bonchev–Trinajstić information content (AvgIpc) is 3.16. The van der Waals surface area contributed by atoms with E-state index in [4.69, 9.17) is 9.73 Å². The van der Waals surface area contributed by atoms with Gasteiger partial charge in [-0.15, -0.1) is 0 Å². The molecule has 0 bridgehead atoms. The molecule has 22 heavy (non-hydrogen) atoms. The second-order valence-electron chi connectivity index (χ2n) is 5.17. The van der Waals surface area contributed by atoms with Crippen LogP contribution in [0.5, 0.6) is 0 Å². The molecule has 0 N–H and O–H groups in total. The number of nitrogens with zero attached hydrogens (tertiary/aromatic N) is 2. The van der Waals surface area contributed by atoms with Gasteiger partial charge in [0.05, 0.1) is 6.04 Å². The molecule has 0 amide bonds. The van der Waals surface area contributed by atoms with Crippen LogP contribution in [0.4, 0.5) is 0 Å². The van der Waals surface area contributed by atoms with Crippen molar-refractivity contribution in [3.8, 4) is 0 Å². The lowest BCUT2D eigenvalue weighted by Gasteiger charge is -2.10. The van der Waals surface area contributed by atoms with Gasteiger partial charge in [0.15, 0.2) is 0 Å². The molecule has 2 heterocycles. The molecule has 0 fully saturated rings. The van der Waals surface area contributed by atoms with Crippen molar-refractivity contribution in [3.63, 3.8) is 0 Å². The number of thioether (sulfide) groups is 1. The van der Waals surface area contributed by atoms with Crippen LogP contribution in [0.25, 0.3) is 0 Å². The van der Waals surface area contributed by atoms with E-state index in [1.165, 1.54) is 5.56 Å². The summed E-state index contributed by atoms with van der Waals surface area (Å²) in [7, 11) is 0. The Balaban J connectivity index is 1.77. The molecule has 3 nitrogen and oxygen atoms in total. The van der Waals surface area contributed by atoms with Crippen molar-refractivity contribution >= 4 is 33.6 Å². The number of hydrogen-bond acceptors (Lipinski definition) is 3. The van der Waals surface area contributed by atoms with Gasteiger partial charge in [-0.1, -0.05) is 41.1 Å². The molecule has 3 rings (SSSR count). The second kappa shape index (κ2) is 7.38. The summed E-state index contributed by atoms with van der Waals surface area (Å²) in [5.41, 5.74) is 2.30. The lowest BCUT2D eigenvalue weighted by atomic mass is 10.2. The van der Waals surface area contributed by atoms with Gasteiger partial charge in [0.1, 0.15) is 12.3 Å². The number of rotatable bonds is 6. The maximum absolute atomic E-state index is 5.82. The molecule has 0 spiro atoms. The quantitative estimate of drug-likeness (QED) is 0.752. The maximum Gasteiger partial charge on any atom is 0.233 e. The molecule has 0 unspecified atom stereocenters. The zero-order valence-corrected chi connectivity index (χ0v) is 14.9. The fourth-order valence-electron chi connectivity index (χ4n) is 2.45. The van der Waals surface area contributed by atoms with Gasteiger partial charge in [0.2, 0.25) is 5.90 Å². The number of hydrogen-bond donors (Lipinski definition) is 0. The summed E-state index contributed by atoms with van der Waals surface area (Å²) in [6.45, 7) is 3.68. The molecule has 5 heteroatoms. The van der Waals surface area contributed by atoms with Gasteiger partial charge < -0.3 is 9.30 Å². The SMILES string of the molecule is CCSC[C@H]1COC(c2cccn2Cc2ccccc2Br)=N1. The zero-order valence-electron chi connectivity index (χ0n) is 12.5. The third-order valence-corrected chi connectivity index (χ3v) is 5.38. The molecule has 0 aliphatic carbocycles. The minimum absolute atomic E-state index is 0.284. The van der Waals surface area contributed by atoms with E-state index >= 15 is 0 Å². The van der Waals surface area contributed by atoms with Crippen LogP contribution in [0, 0.1) is 0 Å². The predicted molar refractivity (Wildman–Crippen MR) is 97.0 cm³/mol. The Morgan fingerprint density at radius 3 is 3.00 bits per heavy atom. The second-order valence-corrected chi connectivity index (χ2v) is 7.34. The molecule has 1 aromatic carbocycles. The number of benzene rings is 1. The molecule has 1 atom stereocenters. The van der Waals surface area contributed by atoms with Crippen LogP contribution in [0.2, 0.25) is 0 Å². The highest BCUT2D eigenvalue weighted by molar-refractivity contribution is 9.10. The Kier molecular flexibility index (Phi) is 5.26. The van der Waals surface area contributed by atoms with Crippen LogP contribution < -0.4 is 0 Å². The number of aromatic nitrogens is 1. The summed E-state index contributed by atoms with van der Waals surface area (Å²) in [5.74, 6) is 2.93. The van der Waals surface area contributed by atoms with Crippen LogP contribution in [0.1, 0.15) is 18.2 Å². The average molecular weight is 379 g/mol. The summed E-state index contributed by atoms with van der Waals surface area (Å²) in [4.78, 5) is 4.73. The first-order valence-corrected chi connectivity index (χ1v) is 9.40. The van der Waals surface area contributed by atoms with E-state index in [1.807, 2.05) is 23.9 Å². The van der Waals surface area contributed by atoms with Crippen molar-refractivity contribution in [2.45, 2.75) is 19.5 Å². The van der Waals surface area contributed by atoms with E-state index in [9.17, 15) is 0 Å². The topological polar surface area (TPSA) is 26.5 Å². The Morgan fingerprint density at radius 2 is 2.18 bits per heavy atom. The Labute approximate surface area is 143 Å². The van der Waals surface area contributed by atoms with Crippen LogP contribution in [-0.4, -0.2) is 34.6 Å². The van der Waals surface area contributed by atoms with Crippen molar-refractivity contribution in [2.24, 2.45) is 4.99 Å². The molecule has 0 saturated carbocycles. The van der Waals surface area contributed by atoms with Crippen molar-refractivity contribution in [1.82, 2.24) is 4.57 Å². The largest absolute Gasteiger partial charge is 0.474 e. The van der Waals surface area contributed by atoms with Gasteiger partial charge in [0.25, 0.3) is 0 Å². The molecule has 1 aliphatic heterocycles. The Bertz CT molecular complexity index is 668. The number of ether oxygens (including phenoxy) is 1. The van der Waals surface area contributed by atoms with Crippen molar-refractivity contribution < 1.29 is 4.74 Å². The highest BCUT2D eigenvalue weighted by atomic mass is 79.9. The lowest BCUT2D eigenvalue weighted by molar-refractivity contribution is 0.323. The molecule has 0 saturated heterocycles. The van der Waals surface area contributed by atoms with E-state index in [2.05, 4.69) is 57.9 Å². The summed E-state index contributed by atoms with van der Waals surface area (Å²) >= 11 is 5.52. The molecular weight excluding hydrogens is 360 g/mol. The molecule has 2 aromatic rings. The van der Waals surface area contributed by atoms with Gasteiger partial charge >= 0.3 is 0 Å². The lowest BCUT2D eigenvalue weighted by Crippen LogP contribution is -2.11. The van der Waals surface area contributed by atoms with Crippen molar-refractivity contribution in [2.75, 3.05) is 18.1 Å². The minimum Gasteiger partial charge on any atom is -0.474 e. The van der Waals surface area contributed by atoms with Crippen LogP contribution in [0.3, 0.4) is 0 Å². The Hall–Kier alpha value is -1.20. The number of aliphatic imine (C=N–C) groups is 1. The number of halogens is 1. The van der Waals surface area contributed by atoms with E-state index in [-0.39, 0.29) is 6.04 Å². The molecule has 0 radical (unpaired) electrons. The van der Waals surface area contributed by atoms with Gasteiger partial charge in [-0.05, 0) is 29.5 Å². The third kappa shape index (κ3) is 3.58. The smallest absolute Gasteiger partial charge is 0.233 e. The van der Waals surface area contributed by atoms with E-state index in [0.717, 1.165) is 34.1 Å². The van der Waals surface area contributed by atoms with Crippen LogP contribution in [-0.2, 0) is 11.3 Å². The molecular formula is C17H19BrN2OS. The fourth-order valence-corrected chi connectivity index (χ4v) is 3.54. The predicted octanol–water partition coefficient (Wildman–Crippen LogP) is 4.20. The summed E-state index contributed by atoms with van der Waals surface area (Å²) in [6, 6.07) is 12.7.